The predicted octanol–water partition coefficient (Wildman–Crippen LogP) is 3.60. The number of benzene rings is 1. The van der Waals surface area contributed by atoms with Crippen LogP contribution < -0.4 is 10.1 Å². The number of nitriles is 1. The van der Waals surface area contributed by atoms with Gasteiger partial charge >= 0.3 is 0 Å². The molecular weight excluding hydrogens is 252 g/mol. The minimum atomic E-state index is -0.113. The molecule has 0 aliphatic rings. The molecule has 4 heteroatoms. The first-order valence-electron chi connectivity index (χ1n) is 6.96. The molecule has 1 rings (SSSR count). The zero-order chi connectivity index (χ0) is 14.8. The Labute approximate surface area is 121 Å². The summed E-state index contributed by atoms with van der Waals surface area (Å²) in [5.41, 5.74) is 0.924. The minimum Gasteiger partial charge on any atom is -0.493 e. The van der Waals surface area contributed by atoms with Gasteiger partial charge in [-0.05, 0) is 38.8 Å². The van der Waals surface area contributed by atoms with Gasteiger partial charge in [0.2, 0.25) is 0 Å². The second kappa shape index (κ2) is 8.44. The van der Waals surface area contributed by atoms with Crippen LogP contribution in [0.3, 0.4) is 0 Å². The molecule has 0 bridgehead atoms. The van der Waals surface area contributed by atoms with Crippen molar-refractivity contribution >= 4 is 5.69 Å². The zero-order valence-electron chi connectivity index (χ0n) is 12.6. The maximum atomic E-state index is 8.46. The SMILES string of the molecule is COC(C)(C)CCNc1cccc(OCCCC#N)c1. The van der Waals surface area contributed by atoms with E-state index in [2.05, 4.69) is 25.2 Å². The van der Waals surface area contributed by atoms with Gasteiger partial charge in [0.1, 0.15) is 5.75 Å². The standard InChI is InChI=1S/C16H24N2O2/c1-16(2,19-3)9-11-18-14-7-6-8-15(13-14)20-12-5-4-10-17/h6-8,13,18H,4-5,9,11-12H2,1-3H3. The highest BCUT2D eigenvalue weighted by Gasteiger charge is 2.15. The lowest BCUT2D eigenvalue weighted by Gasteiger charge is -2.23. The summed E-state index contributed by atoms with van der Waals surface area (Å²) < 4.78 is 11.0. The molecule has 1 aromatic rings. The Hall–Kier alpha value is -1.73. The van der Waals surface area contributed by atoms with Gasteiger partial charge in [0.25, 0.3) is 0 Å². The highest BCUT2D eigenvalue weighted by molar-refractivity contribution is 5.48. The monoisotopic (exact) mass is 276 g/mol. The van der Waals surface area contributed by atoms with Crippen LogP contribution in [0.5, 0.6) is 5.75 Å². The number of unbranched alkanes of at least 4 members (excludes halogenated alkanes) is 1. The molecule has 0 aliphatic heterocycles. The molecular formula is C16H24N2O2. The molecule has 0 aromatic heterocycles. The van der Waals surface area contributed by atoms with Crippen LogP contribution >= 0.6 is 0 Å². The Morgan fingerprint density at radius 2 is 2.15 bits per heavy atom. The molecule has 0 heterocycles. The van der Waals surface area contributed by atoms with Crippen LogP contribution in [-0.2, 0) is 4.74 Å². The molecule has 0 atom stereocenters. The first kappa shape index (κ1) is 16.3. The summed E-state index contributed by atoms with van der Waals surface area (Å²) in [6, 6.07) is 9.99. The Balaban J connectivity index is 2.38. The van der Waals surface area contributed by atoms with Gasteiger partial charge in [-0.25, -0.2) is 0 Å². The van der Waals surface area contributed by atoms with Gasteiger partial charge in [0.05, 0.1) is 18.3 Å². The van der Waals surface area contributed by atoms with Crippen molar-refractivity contribution in [2.24, 2.45) is 0 Å². The molecule has 0 amide bonds. The van der Waals surface area contributed by atoms with Crippen molar-refractivity contribution in [2.45, 2.75) is 38.7 Å². The van der Waals surface area contributed by atoms with Crippen LogP contribution in [-0.4, -0.2) is 25.9 Å². The van der Waals surface area contributed by atoms with Gasteiger partial charge in [-0.3, -0.25) is 0 Å². The zero-order valence-corrected chi connectivity index (χ0v) is 12.6. The van der Waals surface area contributed by atoms with Crippen molar-refractivity contribution < 1.29 is 9.47 Å². The Bertz CT molecular complexity index is 438. The predicted molar refractivity (Wildman–Crippen MR) is 81.0 cm³/mol. The smallest absolute Gasteiger partial charge is 0.121 e. The highest BCUT2D eigenvalue weighted by atomic mass is 16.5. The average Bonchev–Trinajstić information content (AvgIpc) is 2.44. The van der Waals surface area contributed by atoms with E-state index < -0.39 is 0 Å². The third-order valence-electron chi connectivity index (χ3n) is 3.14. The lowest BCUT2D eigenvalue weighted by molar-refractivity contribution is 0.0185. The number of hydrogen-bond donors (Lipinski definition) is 1. The summed E-state index contributed by atoms with van der Waals surface area (Å²) in [6.45, 7) is 5.57. The van der Waals surface area contributed by atoms with Gasteiger partial charge in [-0.1, -0.05) is 6.07 Å². The van der Waals surface area contributed by atoms with Crippen molar-refractivity contribution in [3.05, 3.63) is 24.3 Å². The van der Waals surface area contributed by atoms with Gasteiger partial charge in [-0.15, -0.1) is 0 Å². The van der Waals surface area contributed by atoms with Crippen molar-refractivity contribution in [3.63, 3.8) is 0 Å². The second-order valence-electron chi connectivity index (χ2n) is 5.28. The lowest BCUT2D eigenvalue weighted by atomic mass is 10.1. The third-order valence-corrected chi connectivity index (χ3v) is 3.14. The van der Waals surface area contributed by atoms with Crippen molar-refractivity contribution in [1.29, 1.82) is 5.26 Å². The van der Waals surface area contributed by atoms with E-state index >= 15 is 0 Å². The molecule has 0 saturated heterocycles. The fourth-order valence-corrected chi connectivity index (χ4v) is 1.65. The van der Waals surface area contributed by atoms with E-state index in [1.165, 1.54) is 0 Å². The first-order chi connectivity index (χ1) is 9.57. The van der Waals surface area contributed by atoms with E-state index in [9.17, 15) is 0 Å². The molecule has 110 valence electrons. The molecule has 0 unspecified atom stereocenters. The molecule has 0 spiro atoms. The van der Waals surface area contributed by atoms with Crippen molar-refractivity contribution in [1.82, 2.24) is 0 Å². The van der Waals surface area contributed by atoms with Gasteiger partial charge < -0.3 is 14.8 Å². The normalized spacial score (nSPS) is 10.9. The summed E-state index contributed by atoms with van der Waals surface area (Å²) in [4.78, 5) is 0. The number of nitrogens with zero attached hydrogens (tertiary/aromatic N) is 1. The molecule has 0 aliphatic carbocycles. The number of hydrogen-bond acceptors (Lipinski definition) is 4. The van der Waals surface area contributed by atoms with E-state index in [0.717, 1.165) is 30.8 Å². The maximum Gasteiger partial charge on any atom is 0.121 e. The average molecular weight is 276 g/mol. The number of rotatable bonds is 9. The second-order valence-corrected chi connectivity index (χ2v) is 5.28. The molecule has 0 saturated carbocycles. The third kappa shape index (κ3) is 6.44. The minimum absolute atomic E-state index is 0.113. The molecule has 1 aromatic carbocycles. The number of nitrogens with one attached hydrogen (secondary N) is 1. The Morgan fingerprint density at radius 3 is 2.85 bits per heavy atom. The summed E-state index contributed by atoms with van der Waals surface area (Å²) in [7, 11) is 1.73. The summed E-state index contributed by atoms with van der Waals surface area (Å²) in [5, 5.41) is 11.8. The van der Waals surface area contributed by atoms with E-state index in [4.69, 9.17) is 14.7 Å². The number of anilines is 1. The van der Waals surface area contributed by atoms with Crippen LogP contribution in [0.4, 0.5) is 5.69 Å². The van der Waals surface area contributed by atoms with Crippen LogP contribution in [0, 0.1) is 11.3 Å². The number of ether oxygens (including phenoxy) is 2. The fourth-order valence-electron chi connectivity index (χ4n) is 1.65. The molecule has 20 heavy (non-hydrogen) atoms. The molecule has 4 nitrogen and oxygen atoms in total. The molecule has 0 fully saturated rings. The van der Waals surface area contributed by atoms with Crippen LogP contribution in [0.1, 0.15) is 33.1 Å². The first-order valence-corrected chi connectivity index (χ1v) is 6.96. The van der Waals surface area contributed by atoms with Crippen molar-refractivity contribution in [3.8, 4) is 11.8 Å². The van der Waals surface area contributed by atoms with Crippen LogP contribution in [0.25, 0.3) is 0 Å². The van der Waals surface area contributed by atoms with Gasteiger partial charge in [0.15, 0.2) is 0 Å². The summed E-state index contributed by atoms with van der Waals surface area (Å²) >= 11 is 0. The highest BCUT2D eigenvalue weighted by Crippen LogP contribution is 2.19. The van der Waals surface area contributed by atoms with E-state index in [-0.39, 0.29) is 5.60 Å². The molecule has 0 radical (unpaired) electrons. The Morgan fingerprint density at radius 1 is 1.35 bits per heavy atom. The van der Waals surface area contributed by atoms with Crippen LogP contribution in [0.15, 0.2) is 24.3 Å². The molecule has 1 N–H and O–H groups in total. The van der Waals surface area contributed by atoms with E-state index in [1.54, 1.807) is 7.11 Å². The largest absolute Gasteiger partial charge is 0.493 e. The quantitative estimate of drug-likeness (QED) is 0.700. The van der Waals surface area contributed by atoms with E-state index in [1.807, 2.05) is 24.3 Å². The van der Waals surface area contributed by atoms with Gasteiger partial charge in [0, 0.05) is 31.8 Å². The maximum absolute atomic E-state index is 8.46. The van der Waals surface area contributed by atoms with Gasteiger partial charge in [-0.2, -0.15) is 5.26 Å². The van der Waals surface area contributed by atoms with E-state index in [0.29, 0.717) is 13.0 Å². The van der Waals surface area contributed by atoms with Crippen LogP contribution in [0.2, 0.25) is 0 Å². The summed E-state index contributed by atoms with van der Waals surface area (Å²) in [6.07, 6.45) is 2.22. The Kier molecular flexibility index (Phi) is 6.89. The number of methoxy groups -OCH3 is 1. The van der Waals surface area contributed by atoms with Crippen molar-refractivity contribution in [2.75, 3.05) is 25.6 Å². The lowest BCUT2D eigenvalue weighted by Crippen LogP contribution is -2.25. The topological polar surface area (TPSA) is 54.3 Å². The summed E-state index contributed by atoms with van der Waals surface area (Å²) in [5.74, 6) is 0.832. The fraction of sp³-hybridized carbons (Fsp3) is 0.562.